The molecule has 0 saturated carbocycles. The predicted molar refractivity (Wildman–Crippen MR) is 93.2 cm³/mol. The summed E-state index contributed by atoms with van der Waals surface area (Å²) < 4.78 is 6.23. The number of nitrogens with one attached hydrogen (secondary N) is 1. The SMILES string of the molecule is CCNC(C1CCOC2(CCSC2)C1)C(C)(CC)N(C)C. The molecule has 0 aromatic heterocycles. The fourth-order valence-corrected chi connectivity index (χ4v) is 5.52. The van der Waals surface area contributed by atoms with Crippen LogP contribution in [0.3, 0.4) is 0 Å². The van der Waals surface area contributed by atoms with Crippen LogP contribution in [0.1, 0.15) is 46.5 Å². The zero-order valence-electron chi connectivity index (χ0n) is 14.6. The van der Waals surface area contributed by atoms with Gasteiger partial charge in [0.05, 0.1) is 5.60 Å². The molecule has 0 bridgehead atoms. The monoisotopic (exact) mass is 314 g/mol. The minimum absolute atomic E-state index is 0.183. The molecule has 124 valence electrons. The summed E-state index contributed by atoms with van der Waals surface area (Å²) in [6, 6.07) is 0.550. The Labute approximate surface area is 135 Å². The van der Waals surface area contributed by atoms with Gasteiger partial charge in [0, 0.05) is 23.9 Å². The van der Waals surface area contributed by atoms with Crippen LogP contribution in [-0.4, -0.2) is 60.8 Å². The predicted octanol–water partition coefficient (Wildman–Crippen LogP) is 3.00. The second kappa shape index (κ2) is 7.20. The molecular weight excluding hydrogens is 280 g/mol. The average Bonchev–Trinajstić information content (AvgIpc) is 2.91. The first kappa shape index (κ1) is 17.6. The summed E-state index contributed by atoms with van der Waals surface area (Å²) in [4.78, 5) is 2.42. The Balaban J connectivity index is 2.17. The minimum atomic E-state index is 0.183. The second-order valence-corrected chi connectivity index (χ2v) is 8.33. The van der Waals surface area contributed by atoms with Crippen LogP contribution >= 0.6 is 11.8 Å². The van der Waals surface area contributed by atoms with E-state index in [4.69, 9.17) is 4.74 Å². The molecule has 4 heteroatoms. The van der Waals surface area contributed by atoms with Crippen LogP contribution in [0.25, 0.3) is 0 Å². The topological polar surface area (TPSA) is 24.5 Å². The van der Waals surface area contributed by atoms with Crippen molar-refractivity contribution in [1.82, 2.24) is 10.2 Å². The van der Waals surface area contributed by atoms with Crippen molar-refractivity contribution in [3.63, 3.8) is 0 Å². The van der Waals surface area contributed by atoms with Gasteiger partial charge in [-0.2, -0.15) is 11.8 Å². The van der Waals surface area contributed by atoms with Gasteiger partial charge >= 0.3 is 0 Å². The van der Waals surface area contributed by atoms with Crippen molar-refractivity contribution in [2.45, 2.75) is 63.6 Å². The smallest absolute Gasteiger partial charge is 0.0783 e. The molecule has 0 amide bonds. The van der Waals surface area contributed by atoms with Crippen molar-refractivity contribution in [3.05, 3.63) is 0 Å². The van der Waals surface area contributed by atoms with E-state index >= 15 is 0 Å². The Kier molecular flexibility index (Phi) is 6.03. The molecule has 0 radical (unpaired) electrons. The summed E-state index contributed by atoms with van der Waals surface area (Å²) in [6.07, 6.45) is 4.86. The maximum Gasteiger partial charge on any atom is 0.0783 e. The molecule has 2 rings (SSSR count). The second-order valence-electron chi connectivity index (χ2n) is 7.23. The largest absolute Gasteiger partial charge is 0.374 e. The molecule has 2 fully saturated rings. The van der Waals surface area contributed by atoms with Crippen molar-refractivity contribution in [2.75, 3.05) is 38.8 Å². The molecule has 0 aliphatic carbocycles. The third kappa shape index (κ3) is 3.60. The highest BCUT2D eigenvalue weighted by atomic mass is 32.2. The van der Waals surface area contributed by atoms with Gasteiger partial charge in [-0.3, -0.25) is 0 Å². The number of likely N-dealkylation sites (N-methyl/N-ethyl adjacent to an activating group) is 2. The standard InChI is InChI=1S/C17H34N2OS/c1-6-16(3,19(4)5)15(18-7-2)14-8-10-20-17(12-14)9-11-21-13-17/h14-15,18H,6-13H2,1-5H3. The highest BCUT2D eigenvalue weighted by Crippen LogP contribution is 2.43. The lowest BCUT2D eigenvalue weighted by Crippen LogP contribution is -2.61. The first-order chi connectivity index (χ1) is 9.97. The molecule has 2 heterocycles. The Morgan fingerprint density at radius 3 is 2.71 bits per heavy atom. The molecule has 1 N–H and O–H groups in total. The number of hydrogen-bond acceptors (Lipinski definition) is 4. The molecule has 1 spiro atoms. The van der Waals surface area contributed by atoms with E-state index < -0.39 is 0 Å². The quantitative estimate of drug-likeness (QED) is 0.814. The Bertz CT molecular complexity index is 331. The molecule has 2 aliphatic rings. The Morgan fingerprint density at radius 2 is 2.19 bits per heavy atom. The third-order valence-electron chi connectivity index (χ3n) is 5.90. The summed E-state index contributed by atoms with van der Waals surface area (Å²) in [5.74, 6) is 3.20. The average molecular weight is 315 g/mol. The van der Waals surface area contributed by atoms with Crippen LogP contribution in [0.15, 0.2) is 0 Å². The maximum absolute atomic E-state index is 6.23. The number of thioether (sulfide) groups is 1. The van der Waals surface area contributed by atoms with Crippen molar-refractivity contribution >= 4 is 11.8 Å². The summed E-state index contributed by atoms with van der Waals surface area (Å²) in [7, 11) is 4.46. The van der Waals surface area contributed by atoms with E-state index in [1.165, 1.54) is 37.2 Å². The molecule has 0 aromatic carbocycles. The van der Waals surface area contributed by atoms with E-state index in [-0.39, 0.29) is 11.1 Å². The van der Waals surface area contributed by atoms with Gasteiger partial charge in [-0.15, -0.1) is 0 Å². The van der Waals surface area contributed by atoms with E-state index in [0.29, 0.717) is 6.04 Å². The van der Waals surface area contributed by atoms with Gasteiger partial charge in [0.2, 0.25) is 0 Å². The fourth-order valence-electron chi connectivity index (χ4n) is 4.14. The van der Waals surface area contributed by atoms with Crippen molar-refractivity contribution < 1.29 is 4.74 Å². The van der Waals surface area contributed by atoms with Gasteiger partial charge in [0.1, 0.15) is 0 Å². The lowest BCUT2D eigenvalue weighted by atomic mass is 9.73. The molecule has 21 heavy (non-hydrogen) atoms. The van der Waals surface area contributed by atoms with Gasteiger partial charge in [-0.05, 0) is 64.9 Å². The molecule has 0 aromatic rings. The Morgan fingerprint density at radius 1 is 1.43 bits per heavy atom. The zero-order valence-corrected chi connectivity index (χ0v) is 15.4. The maximum atomic E-state index is 6.23. The van der Waals surface area contributed by atoms with Crippen LogP contribution < -0.4 is 5.32 Å². The van der Waals surface area contributed by atoms with Gasteiger partial charge in [-0.25, -0.2) is 0 Å². The minimum Gasteiger partial charge on any atom is -0.374 e. The van der Waals surface area contributed by atoms with Gasteiger partial charge in [0.25, 0.3) is 0 Å². The fraction of sp³-hybridized carbons (Fsp3) is 1.00. The number of nitrogens with zero attached hydrogens (tertiary/aromatic N) is 1. The molecule has 2 saturated heterocycles. The van der Waals surface area contributed by atoms with Crippen molar-refractivity contribution in [3.8, 4) is 0 Å². The molecule has 3 nitrogen and oxygen atoms in total. The molecule has 4 atom stereocenters. The van der Waals surface area contributed by atoms with Gasteiger partial charge in [0.15, 0.2) is 0 Å². The molecular formula is C17H34N2OS. The molecule has 2 aliphatic heterocycles. The summed E-state index contributed by atoms with van der Waals surface area (Å²) in [6.45, 7) is 8.98. The van der Waals surface area contributed by atoms with E-state index in [1.54, 1.807) is 0 Å². The van der Waals surface area contributed by atoms with Gasteiger partial charge in [-0.1, -0.05) is 13.8 Å². The van der Waals surface area contributed by atoms with E-state index in [0.717, 1.165) is 19.1 Å². The lowest BCUT2D eigenvalue weighted by molar-refractivity contribution is -0.0949. The van der Waals surface area contributed by atoms with E-state index in [2.05, 4.69) is 56.8 Å². The lowest BCUT2D eigenvalue weighted by Gasteiger charge is -2.50. The van der Waals surface area contributed by atoms with Gasteiger partial charge < -0.3 is 15.0 Å². The summed E-state index contributed by atoms with van der Waals surface area (Å²) in [5, 5.41) is 3.83. The van der Waals surface area contributed by atoms with Crippen LogP contribution in [0.2, 0.25) is 0 Å². The number of rotatable bonds is 6. The highest BCUT2D eigenvalue weighted by Gasteiger charge is 2.46. The van der Waals surface area contributed by atoms with Crippen molar-refractivity contribution in [1.29, 1.82) is 0 Å². The van der Waals surface area contributed by atoms with E-state index in [1.807, 2.05) is 0 Å². The van der Waals surface area contributed by atoms with Crippen LogP contribution in [0, 0.1) is 5.92 Å². The summed E-state index contributed by atoms with van der Waals surface area (Å²) in [5.41, 5.74) is 0.396. The number of ether oxygens (including phenoxy) is 1. The zero-order chi connectivity index (χ0) is 15.5. The van der Waals surface area contributed by atoms with Crippen LogP contribution in [0.4, 0.5) is 0 Å². The van der Waals surface area contributed by atoms with E-state index in [9.17, 15) is 0 Å². The Hall–Kier alpha value is 0.230. The summed E-state index contributed by atoms with van der Waals surface area (Å²) >= 11 is 2.07. The molecule has 4 unspecified atom stereocenters. The first-order valence-corrected chi connectivity index (χ1v) is 9.75. The van der Waals surface area contributed by atoms with Crippen molar-refractivity contribution in [2.24, 2.45) is 5.92 Å². The third-order valence-corrected chi connectivity index (χ3v) is 7.12. The number of hydrogen-bond donors (Lipinski definition) is 1. The van der Waals surface area contributed by atoms with Crippen LogP contribution in [0.5, 0.6) is 0 Å². The first-order valence-electron chi connectivity index (χ1n) is 8.60. The van der Waals surface area contributed by atoms with Crippen LogP contribution in [-0.2, 0) is 4.74 Å². The normalized spacial score (nSPS) is 34.3. The highest BCUT2D eigenvalue weighted by molar-refractivity contribution is 7.99.